The monoisotopic (exact) mass is 407 g/mol. The minimum absolute atomic E-state index is 0.0784. The molecule has 0 aliphatic rings. The van der Waals surface area contributed by atoms with Gasteiger partial charge in [0.2, 0.25) is 12.2 Å². The second kappa shape index (κ2) is 10.8. The van der Waals surface area contributed by atoms with Crippen LogP contribution in [-0.2, 0) is 35.2 Å². The highest BCUT2D eigenvalue weighted by Gasteiger charge is 2.41. The molecule has 9 heteroatoms. The Kier molecular flexibility index (Phi) is 8.85. The molecule has 2 atom stereocenters. The predicted octanol–water partition coefficient (Wildman–Crippen LogP) is 1.55. The van der Waals surface area contributed by atoms with Crippen molar-refractivity contribution in [3.63, 3.8) is 0 Å². The van der Waals surface area contributed by atoms with Crippen molar-refractivity contribution in [1.82, 2.24) is 4.90 Å². The van der Waals surface area contributed by atoms with E-state index >= 15 is 0 Å². The van der Waals surface area contributed by atoms with E-state index in [1.807, 2.05) is 0 Å². The minimum atomic E-state index is -1.98. The SMILES string of the molecule is C=C(C)CN(Cc1ccc(OC)cc1)C(=O)[C@H](OC(C)=O)[C@@H](OC(C)=O)C(=O)O. The summed E-state index contributed by atoms with van der Waals surface area (Å²) in [5, 5.41) is 9.39. The quantitative estimate of drug-likeness (QED) is 0.458. The van der Waals surface area contributed by atoms with Crippen molar-refractivity contribution < 1.29 is 38.5 Å². The summed E-state index contributed by atoms with van der Waals surface area (Å²) < 4.78 is 14.8. The molecule has 29 heavy (non-hydrogen) atoms. The maximum atomic E-state index is 13.1. The lowest BCUT2D eigenvalue weighted by Gasteiger charge is -2.29. The zero-order valence-electron chi connectivity index (χ0n) is 16.8. The highest BCUT2D eigenvalue weighted by atomic mass is 16.6. The van der Waals surface area contributed by atoms with Gasteiger partial charge >= 0.3 is 17.9 Å². The van der Waals surface area contributed by atoms with Gasteiger partial charge in [-0.05, 0) is 24.6 Å². The molecular formula is C20H25NO8. The van der Waals surface area contributed by atoms with Crippen molar-refractivity contribution in [3.8, 4) is 5.75 Å². The molecule has 1 rings (SSSR count). The highest BCUT2D eigenvalue weighted by molar-refractivity contribution is 5.91. The van der Waals surface area contributed by atoms with Crippen LogP contribution in [0.4, 0.5) is 0 Å². The zero-order valence-corrected chi connectivity index (χ0v) is 16.8. The molecule has 0 bridgehead atoms. The van der Waals surface area contributed by atoms with Crippen LogP contribution in [0, 0.1) is 0 Å². The third-order valence-electron chi connectivity index (χ3n) is 3.65. The van der Waals surface area contributed by atoms with Gasteiger partial charge in [-0.25, -0.2) is 4.79 Å². The van der Waals surface area contributed by atoms with E-state index in [0.29, 0.717) is 11.3 Å². The number of esters is 2. The van der Waals surface area contributed by atoms with E-state index in [9.17, 15) is 24.3 Å². The molecule has 0 spiro atoms. The number of carboxylic acid groups (broad SMARTS) is 1. The second-order valence-corrected chi connectivity index (χ2v) is 6.40. The molecule has 0 aromatic heterocycles. The molecular weight excluding hydrogens is 382 g/mol. The Bertz CT molecular complexity index is 771. The van der Waals surface area contributed by atoms with Crippen molar-refractivity contribution in [2.45, 2.75) is 39.5 Å². The molecule has 0 aliphatic heterocycles. The first kappa shape index (κ1) is 23.7. The van der Waals surface area contributed by atoms with Crippen molar-refractivity contribution in [2.75, 3.05) is 13.7 Å². The van der Waals surface area contributed by atoms with Crippen LogP contribution < -0.4 is 4.74 Å². The molecule has 1 amide bonds. The lowest BCUT2D eigenvalue weighted by molar-refractivity contribution is -0.183. The summed E-state index contributed by atoms with van der Waals surface area (Å²) in [5.41, 5.74) is 1.34. The van der Waals surface area contributed by atoms with E-state index < -0.39 is 36.0 Å². The first-order valence-corrected chi connectivity index (χ1v) is 8.68. The molecule has 1 aromatic rings. The van der Waals surface area contributed by atoms with Gasteiger partial charge in [-0.3, -0.25) is 14.4 Å². The Morgan fingerprint density at radius 3 is 1.93 bits per heavy atom. The lowest BCUT2D eigenvalue weighted by atomic mass is 10.1. The molecule has 158 valence electrons. The van der Waals surface area contributed by atoms with Crippen LogP contribution in [0.15, 0.2) is 36.4 Å². The van der Waals surface area contributed by atoms with Crippen LogP contribution in [0.5, 0.6) is 5.75 Å². The van der Waals surface area contributed by atoms with E-state index in [1.165, 1.54) is 12.0 Å². The summed E-state index contributed by atoms with van der Waals surface area (Å²) in [4.78, 5) is 48.7. The fourth-order valence-corrected chi connectivity index (χ4v) is 2.51. The Hall–Kier alpha value is -3.36. The second-order valence-electron chi connectivity index (χ2n) is 6.40. The summed E-state index contributed by atoms with van der Waals surface area (Å²) in [6, 6.07) is 6.89. The molecule has 0 radical (unpaired) electrons. The Morgan fingerprint density at radius 1 is 1.00 bits per heavy atom. The fourth-order valence-electron chi connectivity index (χ4n) is 2.51. The largest absolute Gasteiger partial charge is 0.497 e. The number of methoxy groups -OCH3 is 1. The van der Waals surface area contributed by atoms with Crippen LogP contribution in [0.2, 0.25) is 0 Å². The molecule has 9 nitrogen and oxygen atoms in total. The number of hydrogen-bond acceptors (Lipinski definition) is 7. The third-order valence-corrected chi connectivity index (χ3v) is 3.65. The third kappa shape index (κ3) is 7.65. The van der Waals surface area contributed by atoms with Crippen LogP contribution in [-0.4, -0.2) is 59.7 Å². The molecule has 0 saturated heterocycles. The predicted molar refractivity (Wildman–Crippen MR) is 102 cm³/mol. The molecule has 0 heterocycles. The number of carbonyl (C=O) groups excluding carboxylic acids is 3. The number of nitrogens with zero attached hydrogens (tertiary/aromatic N) is 1. The topological polar surface area (TPSA) is 119 Å². The highest BCUT2D eigenvalue weighted by Crippen LogP contribution is 2.17. The summed E-state index contributed by atoms with van der Waals surface area (Å²) >= 11 is 0. The Labute approximate surface area is 168 Å². The molecule has 1 aromatic carbocycles. The summed E-state index contributed by atoms with van der Waals surface area (Å²) in [6.07, 6.45) is -3.82. The lowest BCUT2D eigenvalue weighted by Crippen LogP contribution is -2.51. The zero-order chi connectivity index (χ0) is 22.1. The van der Waals surface area contributed by atoms with E-state index in [1.54, 1.807) is 31.2 Å². The van der Waals surface area contributed by atoms with Gasteiger partial charge in [0.25, 0.3) is 5.91 Å². The molecule has 0 aliphatic carbocycles. The smallest absolute Gasteiger partial charge is 0.349 e. The summed E-state index contributed by atoms with van der Waals surface area (Å²) in [7, 11) is 1.52. The summed E-state index contributed by atoms with van der Waals surface area (Å²) in [5.74, 6) is -3.62. The number of ether oxygens (including phenoxy) is 3. The van der Waals surface area contributed by atoms with Gasteiger partial charge in [0.05, 0.1) is 7.11 Å². The Balaban J connectivity index is 3.23. The molecule has 0 saturated carbocycles. The van der Waals surface area contributed by atoms with Crippen LogP contribution in [0.3, 0.4) is 0 Å². The van der Waals surface area contributed by atoms with E-state index in [2.05, 4.69) is 6.58 Å². The number of benzene rings is 1. The number of carboxylic acids is 1. The van der Waals surface area contributed by atoms with Crippen molar-refractivity contribution in [1.29, 1.82) is 0 Å². The number of amides is 1. The molecule has 0 fully saturated rings. The van der Waals surface area contributed by atoms with Crippen molar-refractivity contribution >= 4 is 23.8 Å². The molecule has 1 N–H and O–H groups in total. The van der Waals surface area contributed by atoms with Gasteiger partial charge in [-0.1, -0.05) is 24.3 Å². The summed E-state index contributed by atoms with van der Waals surface area (Å²) in [6.45, 7) is 7.65. The van der Waals surface area contributed by atoms with Crippen LogP contribution in [0.1, 0.15) is 26.3 Å². The molecule has 0 unspecified atom stereocenters. The van der Waals surface area contributed by atoms with Crippen LogP contribution in [0.25, 0.3) is 0 Å². The number of hydrogen-bond donors (Lipinski definition) is 1. The Morgan fingerprint density at radius 2 is 1.52 bits per heavy atom. The van der Waals surface area contributed by atoms with Gasteiger partial charge < -0.3 is 24.2 Å². The number of rotatable bonds is 10. The first-order chi connectivity index (χ1) is 13.5. The van der Waals surface area contributed by atoms with Gasteiger partial charge in [-0.2, -0.15) is 0 Å². The number of aliphatic carboxylic acids is 1. The fraction of sp³-hybridized carbons (Fsp3) is 0.400. The number of carbonyl (C=O) groups is 4. The first-order valence-electron chi connectivity index (χ1n) is 8.68. The van der Waals surface area contributed by atoms with E-state index in [-0.39, 0.29) is 13.1 Å². The van der Waals surface area contributed by atoms with E-state index in [0.717, 1.165) is 19.4 Å². The van der Waals surface area contributed by atoms with Gasteiger partial charge in [-0.15, -0.1) is 0 Å². The van der Waals surface area contributed by atoms with E-state index in [4.69, 9.17) is 14.2 Å². The average molecular weight is 407 g/mol. The van der Waals surface area contributed by atoms with Crippen molar-refractivity contribution in [2.24, 2.45) is 0 Å². The normalized spacial score (nSPS) is 12.3. The van der Waals surface area contributed by atoms with Gasteiger partial charge in [0, 0.05) is 26.9 Å². The van der Waals surface area contributed by atoms with Gasteiger partial charge in [0.1, 0.15) is 5.75 Å². The van der Waals surface area contributed by atoms with Crippen LogP contribution >= 0.6 is 0 Å². The maximum absolute atomic E-state index is 13.1. The van der Waals surface area contributed by atoms with Gasteiger partial charge in [0.15, 0.2) is 0 Å². The minimum Gasteiger partial charge on any atom is -0.497 e. The average Bonchev–Trinajstić information content (AvgIpc) is 2.63. The standard InChI is InChI=1S/C20H25NO8/c1-12(2)10-21(11-15-6-8-16(27-5)9-7-15)19(24)17(28-13(3)22)18(20(25)26)29-14(4)23/h6-9,17-18H,1,10-11H2,2-5H3,(H,25,26)/t17-,18-/m1/s1. The maximum Gasteiger partial charge on any atom is 0.349 e. The van der Waals surface area contributed by atoms with Crippen molar-refractivity contribution in [3.05, 3.63) is 42.0 Å².